The third-order valence-electron chi connectivity index (χ3n) is 5.72. The van der Waals surface area contributed by atoms with Crippen LogP contribution in [0.4, 0.5) is 0 Å². The van der Waals surface area contributed by atoms with Crippen molar-refractivity contribution in [2.45, 2.75) is 51.0 Å². The van der Waals surface area contributed by atoms with E-state index in [1.54, 1.807) is 6.20 Å². The van der Waals surface area contributed by atoms with Gasteiger partial charge in [0.1, 0.15) is 5.54 Å². The van der Waals surface area contributed by atoms with Crippen molar-refractivity contribution in [1.82, 2.24) is 20.0 Å². The van der Waals surface area contributed by atoms with E-state index in [0.29, 0.717) is 13.1 Å². The molecule has 2 atom stereocenters. The van der Waals surface area contributed by atoms with Gasteiger partial charge in [-0.3, -0.25) is 14.4 Å². The fourth-order valence-corrected chi connectivity index (χ4v) is 4.53. The molecule has 144 valence electrons. The Labute approximate surface area is 160 Å². The number of hydrogen-bond donors (Lipinski definition) is 1. The fraction of sp³-hybridized carbons (Fsp3) is 0.524. The number of aromatic nitrogens is 2. The van der Waals surface area contributed by atoms with Crippen LogP contribution in [0.1, 0.15) is 25.0 Å². The molecule has 1 aliphatic heterocycles. The molecule has 6 nitrogen and oxygen atoms in total. The average Bonchev–Trinajstić information content (AvgIpc) is 3.28. The third kappa shape index (κ3) is 3.64. The van der Waals surface area contributed by atoms with E-state index in [2.05, 4.69) is 53.4 Å². The Bertz CT molecular complexity index is 754. The Hall–Kier alpha value is -2.18. The smallest absolute Gasteiger partial charge is 0.241 e. The largest absolute Gasteiger partial charge is 0.373 e. The Kier molecular flexibility index (Phi) is 5.02. The van der Waals surface area contributed by atoms with E-state index in [1.807, 2.05) is 16.9 Å². The van der Waals surface area contributed by atoms with Gasteiger partial charge in [-0.1, -0.05) is 24.3 Å². The van der Waals surface area contributed by atoms with Crippen LogP contribution in [0.15, 0.2) is 42.7 Å². The summed E-state index contributed by atoms with van der Waals surface area (Å²) in [5, 5.41) is 7.39. The second-order valence-electron chi connectivity index (χ2n) is 7.84. The number of rotatable bonds is 5. The quantitative estimate of drug-likeness (QED) is 0.872. The molecule has 1 fully saturated rings. The topological polar surface area (TPSA) is 59.4 Å². The van der Waals surface area contributed by atoms with Gasteiger partial charge in [-0.25, -0.2) is 0 Å². The number of carbonyl (C=O) groups is 1. The summed E-state index contributed by atoms with van der Waals surface area (Å²) in [7, 11) is 0. The summed E-state index contributed by atoms with van der Waals surface area (Å²) in [6.07, 6.45) is 5.45. The Morgan fingerprint density at radius 3 is 2.44 bits per heavy atom. The second kappa shape index (κ2) is 7.44. The van der Waals surface area contributed by atoms with Crippen molar-refractivity contribution in [2.24, 2.45) is 0 Å². The number of nitrogens with one attached hydrogen (secondary N) is 1. The molecule has 1 aromatic carbocycles. The normalized spacial score (nSPS) is 24.5. The van der Waals surface area contributed by atoms with Crippen LogP contribution >= 0.6 is 0 Å². The molecule has 1 amide bonds. The van der Waals surface area contributed by atoms with Crippen molar-refractivity contribution in [1.29, 1.82) is 0 Å². The highest BCUT2D eigenvalue weighted by molar-refractivity contribution is 5.88. The van der Waals surface area contributed by atoms with Gasteiger partial charge in [0.15, 0.2) is 0 Å². The van der Waals surface area contributed by atoms with E-state index in [0.717, 1.165) is 25.9 Å². The van der Waals surface area contributed by atoms with Gasteiger partial charge in [0, 0.05) is 44.9 Å². The van der Waals surface area contributed by atoms with E-state index in [-0.39, 0.29) is 18.1 Å². The maximum atomic E-state index is 13.5. The molecule has 1 aromatic heterocycles. The molecule has 1 saturated heterocycles. The first kappa shape index (κ1) is 18.2. The maximum absolute atomic E-state index is 13.5. The summed E-state index contributed by atoms with van der Waals surface area (Å²) in [4.78, 5) is 15.8. The number of fused-ring (bicyclic) bond motifs is 1. The minimum absolute atomic E-state index is 0.118. The Morgan fingerprint density at radius 1 is 1.19 bits per heavy atom. The molecular weight excluding hydrogens is 340 g/mol. The molecular formula is C21H28N4O2. The van der Waals surface area contributed by atoms with Gasteiger partial charge in [0.25, 0.3) is 0 Å². The van der Waals surface area contributed by atoms with Crippen molar-refractivity contribution >= 4 is 5.91 Å². The van der Waals surface area contributed by atoms with Crippen molar-refractivity contribution in [3.05, 3.63) is 53.9 Å². The van der Waals surface area contributed by atoms with E-state index in [9.17, 15) is 4.79 Å². The zero-order valence-corrected chi connectivity index (χ0v) is 16.1. The minimum atomic E-state index is -0.528. The number of amides is 1. The predicted octanol–water partition coefficient (Wildman–Crippen LogP) is 1.65. The SMILES string of the molecule is C[C@@H]1CN(C2(C(=O)NCCn3cccn3)Cc3ccccc3C2)C[C@H](C)O1. The number of benzene rings is 1. The highest BCUT2D eigenvalue weighted by Gasteiger charge is 2.49. The van der Waals surface area contributed by atoms with Crippen molar-refractivity contribution < 1.29 is 9.53 Å². The van der Waals surface area contributed by atoms with Gasteiger partial charge < -0.3 is 10.1 Å². The highest BCUT2D eigenvalue weighted by atomic mass is 16.5. The molecule has 6 heteroatoms. The van der Waals surface area contributed by atoms with Crippen LogP contribution in [0, 0.1) is 0 Å². The Morgan fingerprint density at radius 2 is 1.85 bits per heavy atom. The Balaban J connectivity index is 1.54. The predicted molar refractivity (Wildman–Crippen MR) is 103 cm³/mol. The first-order valence-corrected chi connectivity index (χ1v) is 9.80. The standard InChI is InChI=1S/C21H28N4O2/c1-16-14-24(15-17(2)27-16)21(12-18-6-3-4-7-19(18)13-21)20(26)22-9-11-25-10-5-8-23-25/h3-8,10,16-17H,9,11-15H2,1-2H3,(H,22,26)/t16-,17+. The van der Waals surface area contributed by atoms with Crippen molar-refractivity contribution in [2.75, 3.05) is 19.6 Å². The number of ether oxygens (including phenoxy) is 1. The van der Waals surface area contributed by atoms with Crippen LogP contribution in [-0.2, 0) is 28.9 Å². The summed E-state index contributed by atoms with van der Waals surface area (Å²) < 4.78 is 7.77. The van der Waals surface area contributed by atoms with Crippen LogP contribution in [0.3, 0.4) is 0 Å². The molecule has 27 heavy (non-hydrogen) atoms. The molecule has 0 unspecified atom stereocenters. The van der Waals surface area contributed by atoms with E-state index >= 15 is 0 Å². The number of carbonyl (C=O) groups excluding carboxylic acids is 1. The fourth-order valence-electron chi connectivity index (χ4n) is 4.53. The number of nitrogens with zero attached hydrogens (tertiary/aromatic N) is 3. The summed E-state index contributed by atoms with van der Waals surface area (Å²) in [6, 6.07) is 10.3. The summed E-state index contributed by atoms with van der Waals surface area (Å²) in [5.41, 5.74) is 2.04. The first-order valence-electron chi connectivity index (χ1n) is 9.80. The molecule has 1 N–H and O–H groups in total. The lowest BCUT2D eigenvalue weighted by molar-refractivity contribution is -0.144. The van der Waals surface area contributed by atoms with Gasteiger partial charge in [0.05, 0.1) is 18.8 Å². The molecule has 0 bridgehead atoms. The monoisotopic (exact) mass is 368 g/mol. The zero-order valence-electron chi connectivity index (χ0n) is 16.1. The maximum Gasteiger partial charge on any atom is 0.241 e. The highest BCUT2D eigenvalue weighted by Crippen LogP contribution is 2.36. The van der Waals surface area contributed by atoms with Crippen LogP contribution in [0.5, 0.6) is 0 Å². The lowest BCUT2D eigenvalue weighted by Gasteiger charge is -2.45. The molecule has 2 heterocycles. The molecule has 0 spiro atoms. The lowest BCUT2D eigenvalue weighted by atomic mass is 9.90. The molecule has 2 aromatic rings. The van der Waals surface area contributed by atoms with Crippen molar-refractivity contribution in [3.63, 3.8) is 0 Å². The van der Waals surface area contributed by atoms with Gasteiger partial charge >= 0.3 is 0 Å². The van der Waals surface area contributed by atoms with Crippen LogP contribution in [-0.4, -0.2) is 58.0 Å². The number of hydrogen-bond acceptors (Lipinski definition) is 4. The van der Waals surface area contributed by atoms with Gasteiger partial charge in [-0.05, 0) is 31.0 Å². The van der Waals surface area contributed by atoms with Gasteiger partial charge in [0.2, 0.25) is 5.91 Å². The van der Waals surface area contributed by atoms with Crippen LogP contribution in [0.25, 0.3) is 0 Å². The molecule has 1 aliphatic carbocycles. The van der Waals surface area contributed by atoms with E-state index in [4.69, 9.17) is 4.74 Å². The zero-order chi connectivity index (χ0) is 18.9. The second-order valence-corrected chi connectivity index (χ2v) is 7.84. The third-order valence-corrected chi connectivity index (χ3v) is 5.72. The molecule has 0 radical (unpaired) electrons. The van der Waals surface area contributed by atoms with Gasteiger partial charge in [-0.15, -0.1) is 0 Å². The minimum Gasteiger partial charge on any atom is -0.373 e. The summed E-state index contributed by atoms with van der Waals surface area (Å²) in [5.74, 6) is 0.118. The molecule has 4 rings (SSSR count). The molecule has 2 aliphatic rings. The van der Waals surface area contributed by atoms with Crippen molar-refractivity contribution in [3.8, 4) is 0 Å². The number of morpholine rings is 1. The lowest BCUT2D eigenvalue weighted by Crippen LogP contribution is -2.64. The van der Waals surface area contributed by atoms with Crippen LogP contribution < -0.4 is 5.32 Å². The van der Waals surface area contributed by atoms with Crippen LogP contribution in [0.2, 0.25) is 0 Å². The molecule has 0 saturated carbocycles. The van der Waals surface area contributed by atoms with E-state index in [1.165, 1.54) is 11.1 Å². The van der Waals surface area contributed by atoms with E-state index < -0.39 is 5.54 Å². The average molecular weight is 368 g/mol. The first-order chi connectivity index (χ1) is 13.1. The summed E-state index contributed by atoms with van der Waals surface area (Å²) >= 11 is 0. The summed E-state index contributed by atoms with van der Waals surface area (Å²) in [6.45, 7) is 7.00. The van der Waals surface area contributed by atoms with Gasteiger partial charge in [-0.2, -0.15) is 5.10 Å².